The van der Waals surface area contributed by atoms with Gasteiger partial charge in [0.15, 0.2) is 6.10 Å². The number of hydrogen-bond donors (Lipinski definition) is 2. The summed E-state index contributed by atoms with van der Waals surface area (Å²) in [6, 6.07) is -0.690. The lowest BCUT2D eigenvalue weighted by Crippen LogP contribution is -2.50. The van der Waals surface area contributed by atoms with Crippen molar-refractivity contribution in [2.45, 2.75) is 58.6 Å². The van der Waals surface area contributed by atoms with Crippen molar-refractivity contribution in [2.75, 3.05) is 6.54 Å². The Morgan fingerprint density at radius 1 is 1.14 bits per heavy atom. The minimum atomic E-state index is -1.19. The van der Waals surface area contributed by atoms with E-state index in [4.69, 9.17) is 4.74 Å². The van der Waals surface area contributed by atoms with E-state index in [2.05, 4.69) is 10.6 Å². The summed E-state index contributed by atoms with van der Waals surface area (Å²) in [6.07, 6.45) is 3.44. The Bertz CT molecular complexity index is 683. The molecule has 28 heavy (non-hydrogen) atoms. The van der Waals surface area contributed by atoms with Crippen LogP contribution in [0, 0.1) is 11.8 Å². The van der Waals surface area contributed by atoms with E-state index in [1.54, 1.807) is 20.8 Å². The fourth-order valence-electron chi connectivity index (χ4n) is 3.19. The number of nitrogens with zero attached hydrogens (tertiary/aromatic N) is 1. The average molecular weight is 393 g/mol. The van der Waals surface area contributed by atoms with Crippen LogP contribution in [0.15, 0.2) is 12.2 Å². The predicted molar refractivity (Wildman–Crippen MR) is 98.7 cm³/mol. The molecule has 5 amide bonds. The van der Waals surface area contributed by atoms with E-state index in [0.717, 1.165) is 4.90 Å². The van der Waals surface area contributed by atoms with E-state index in [-0.39, 0.29) is 36.6 Å². The normalized spacial score (nSPS) is 22.5. The van der Waals surface area contributed by atoms with Crippen LogP contribution in [0.5, 0.6) is 0 Å². The molecule has 1 aliphatic heterocycles. The first-order valence-corrected chi connectivity index (χ1v) is 9.32. The largest absolute Gasteiger partial charge is 0.452 e. The second-order valence-corrected chi connectivity index (χ2v) is 8.06. The molecule has 0 saturated carbocycles. The van der Waals surface area contributed by atoms with Gasteiger partial charge < -0.3 is 10.1 Å². The summed E-state index contributed by atoms with van der Waals surface area (Å²) in [4.78, 5) is 61.4. The Morgan fingerprint density at radius 2 is 1.68 bits per heavy atom. The quantitative estimate of drug-likeness (QED) is 0.406. The maximum Gasteiger partial charge on any atom is 0.321 e. The molecule has 0 aromatic heterocycles. The van der Waals surface area contributed by atoms with Gasteiger partial charge in [-0.3, -0.25) is 29.4 Å². The lowest BCUT2D eigenvalue weighted by Gasteiger charge is -2.21. The summed E-state index contributed by atoms with van der Waals surface area (Å²) < 4.78 is 5.00. The molecular weight excluding hydrogens is 366 g/mol. The lowest BCUT2D eigenvalue weighted by atomic mass is 9.85. The Morgan fingerprint density at radius 3 is 2.18 bits per heavy atom. The fraction of sp³-hybridized carbons (Fsp3) is 0.632. The zero-order valence-electron chi connectivity index (χ0n) is 16.6. The van der Waals surface area contributed by atoms with Gasteiger partial charge in [0.2, 0.25) is 11.8 Å². The fourth-order valence-corrected chi connectivity index (χ4v) is 3.19. The summed E-state index contributed by atoms with van der Waals surface area (Å²) in [7, 11) is 0. The molecule has 3 atom stereocenters. The lowest BCUT2D eigenvalue weighted by molar-refractivity contribution is -0.155. The molecule has 0 spiro atoms. The highest BCUT2D eigenvalue weighted by Crippen LogP contribution is 2.34. The van der Waals surface area contributed by atoms with E-state index >= 15 is 0 Å². The molecule has 0 radical (unpaired) electrons. The molecule has 9 nitrogen and oxygen atoms in total. The highest BCUT2D eigenvalue weighted by atomic mass is 16.5. The molecule has 0 unspecified atom stereocenters. The zero-order valence-corrected chi connectivity index (χ0v) is 16.6. The van der Waals surface area contributed by atoms with Crippen molar-refractivity contribution >= 4 is 29.7 Å². The molecule has 1 fully saturated rings. The number of fused-ring (bicyclic) bond motifs is 1. The van der Waals surface area contributed by atoms with Crippen LogP contribution in [-0.4, -0.2) is 52.8 Å². The molecule has 2 N–H and O–H groups in total. The van der Waals surface area contributed by atoms with Crippen LogP contribution in [0.4, 0.5) is 4.79 Å². The second kappa shape index (κ2) is 8.53. The topological polar surface area (TPSA) is 122 Å². The molecule has 2 aliphatic rings. The van der Waals surface area contributed by atoms with Crippen LogP contribution in [0.1, 0.15) is 47.0 Å². The van der Waals surface area contributed by atoms with E-state index in [9.17, 15) is 24.0 Å². The van der Waals surface area contributed by atoms with Gasteiger partial charge in [-0.05, 0) is 40.5 Å². The number of amides is 5. The van der Waals surface area contributed by atoms with Gasteiger partial charge in [-0.15, -0.1) is 0 Å². The zero-order chi connectivity index (χ0) is 21.1. The van der Waals surface area contributed by atoms with Crippen LogP contribution < -0.4 is 10.6 Å². The van der Waals surface area contributed by atoms with Crippen LogP contribution >= 0.6 is 0 Å². The maximum atomic E-state index is 12.3. The minimum Gasteiger partial charge on any atom is -0.452 e. The monoisotopic (exact) mass is 393 g/mol. The third-order valence-electron chi connectivity index (χ3n) is 4.54. The molecule has 1 heterocycles. The van der Waals surface area contributed by atoms with Crippen molar-refractivity contribution in [1.29, 1.82) is 0 Å². The Labute approximate surface area is 163 Å². The van der Waals surface area contributed by atoms with Crippen molar-refractivity contribution in [3.63, 3.8) is 0 Å². The summed E-state index contributed by atoms with van der Waals surface area (Å²) in [5.74, 6) is -2.72. The van der Waals surface area contributed by atoms with Gasteiger partial charge in [0.05, 0.1) is 18.3 Å². The van der Waals surface area contributed by atoms with E-state index in [1.165, 1.54) is 6.92 Å². The average Bonchev–Trinajstić information content (AvgIpc) is 2.82. The molecule has 9 heteroatoms. The Balaban J connectivity index is 1.79. The summed E-state index contributed by atoms with van der Waals surface area (Å²) in [5.41, 5.74) is -0.522. The van der Waals surface area contributed by atoms with Gasteiger partial charge in [0.25, 0.3) is 5.91 Å². The Hall–Kier alpha value is -2.71. The smallest absolute Gasteiger partial charge is 0.321 e. The van der Waals surface area contributed by atoms with E-state index in [1.807, 2.05) is 12.2 Å². The number of nitrogens with one attached hydrogen (secondary N) is 2. The number of hydrogen-bond acceptors (Lipinski definition) is 6. The van der Waals surface area contributed by atoms with Gasteiger partial charge in [0, 0.05) is 12.1 Å². The first-order chi connectivity index (χ1) is 13.0. The van der Waals surface area contributed by atoms with E-state index in [0.29, 0.717) is 12.8 Å². The number of likely N-dealkylation sites (tertiary alicyclic amines) is 1. The van der Waals surface area contributed by atoms with Gasteiger partial charge in [-0.25, -0.2) is 4.79 Å². The highest BCUT2D eigenvalue weighted by molar-refractivity contribution is 6.05. The van der Waals surface area contributed by atoms with Gasteiger partial charge in [-0.2, -0.15) is 0 Å². The number of imide groups is 2. The number of rotatable bonds is 5. The number of carbonyl (C=O) groups excluding carboxylic acids is 5. The third-order valence-corrected chi connectivity index (χ3v) is 4.54. The molecule has 154 valence electrons. The number of ether oxygens (including phenoxy) is 1. The molecule has 0 aromatic carbocycles. The maximum absolute atomic E-state index is 12.3. The van der Waals surface area contributed by atoms with Gasteiger partial charge in [0.1, 0.15) is 0 Å². The van der Waals surface area contributed by atoms with Crippen molar-refractivity contribution in [3.05, 3.63) is 12.2 Å². The number of urea groups is 1. The van der Waals surface area contributed by atoms with Gasteiger partial charge in [-0.1, -0.05) is 12.2 Å². The summed E-state index contributed by atoms with van der Waals surface area (Å²) >= 11 is 0. The van der Waals surface area contributed by atoms with Crippen LogP contribution in [0.3, 0.4) is 0 Å². The van der Waals surface area contributed by atoms with Crippen molar-refractivity contribution in [1.82, 2.24) is 15.5 Å². The minimum absolute atomic E-state index is 0.0810. The first-order valence-electron chi connectivity index (χ1n) is 9.32. The summed E-state index contributed by atoms with van der Waals surface area (Å²) in [5, 5.41) is 4.65. The molecule has 1 aliphatic carbocycles. The molecule has 0 aromatic rings. The van der Waals surface area contributed by atoms with Gasteiger partial charge >= 0.3 is 12.0 Å². The first kappa shape index (κ1) is 21.6. The van der Waals surface area contributed by atoms with Crippen molar-refractivity contribution in [2.24, 2.45) is 11.8 Å². The third kappa shape index (κ3) is 5.40. The predicted octanol–water partition coefficient (Wildman–Crippen LogP) is 0.884. The second-order valence-electron chi connectivity index (χ2n) is 8.06. The van der Waals surface area contributed by atoms with Crippen LogP contribution in [0.2, 0.25) is 0 Å². The van der Waals surface area contributed by atoms with Crippen LogP contribution in [-0.2, 0) is 23.9 Å². The molecule has 1 saturated heterocycles. The number of esters is 1. The van der Waals surface area contributed by atoms with Crippen LogP contribution in [0.25, 0.3) is 0 Å². The molecule has 2 rings (SSSR count). The molecule has 0 bridgehead atoms. The standard InChI is InChI=1S/C19H27N3O6/c1-11(15(24)20-18(27)21-19(2,3)4)28-14(23)9-10-22-16(25)12-7-5-6-8-13(12)17(22)26/h5-6,11-13H,7-10H2,1-4H3,(H2,20,21,24,27)/t11-,12-,13-/m0/s1. The van der Waals surface area contributed by atoms with Crippen molar-refractivity contribution in [3.8, 4) is 0 Å². The Kier molecular flexibility index (Phi) is 6.58. The molecular formula is C19H27N3O6. The number of allylic oxidation sites excluding steroid dienone is 2. The van der Waals surface area contributed by atoms with E-state index < -0.39 is 29.6 Å². The highest BCUT2D eigenvalue weighted by Gasteiger charge is 2.47. The van der Waals surface area contributed by atoms with Crippen molar-refractivity contribution < 1.29 is 28.7 Å². The number of carbonyl (C=O) groups is 5. The summed E-state index contributed by atoms with van der Waals surface area (Å²) in [6.45, 7) is 6.53. The SMILES string of the molecule is C[C@H](OC(=O)CCN1C(=O)[C@H]2CC=CC[C@@H]2C1=O)C(=O)NC(=O)NC(C)(C)C.